The lowest BCUT2D eigenvalue weighted by atomic mass is 9.96. The minimum absolute atomic E-state index is 0.0236. The minimum atomic E-state index is -0.0236. The van der Waals surface area contributed by atoms with Crippen LogP contribution in [0.4, 0.5) is 5.69 Å². The molecular weight excluding hydrogens is 212 g/mol. The fourth-order valence-electron chi connectivity index (χ4n) is 1.45. The fourth-order valence-corrected chi connectivity index (χ4v) is 1.45. The molecule has 0 atom stereocenters. The quantitative estimate of drug-likeness (QED) is 0.841. The van der Waals surface area contributed by atoms with E-state index in [0.29, 0.717) is 12.1 Å². The third kappa shape index (κ3) is 4.47. The first-order valence-electron chi connectivity index (χ1n) is 6.05. The van der Waals surface area contributed by atoms with Crippen LogP contribution in [-0.4, -0.2) is 19.0 Å². The Hall–Kier alpha value is -1.51. The zero-order valence-corrected chi connectivity index (χ0v) is 11.1. The molecule has 0 bridgehead atoms. The number of carbonyl (C=O) groups excluding carboxylic acids is 1. The van der Waals surface area contributed by atoms with Crippen LogP contribution in [0.5, 0.6) is 0 Å². The predicted molar refractivity (Wildman–Crippen MR) is 72.4 cm³/mol. The van der Waals surface area contributed by atoms with Crippen LogP contribution < -0.4 is 10.6 Å². The number of anilines is 1. The van der Waals surface area contributed by atoms with Crippen molar-refractivity contribution in [1.29, 1.82) is 0 Å². The van der Waals surface area contributed by atoms with Gasteiger partial charge in [-0.1, -0.05) is 32.9 Å². The monoisotopic (exact) mass is 234 g/mol. The molecule has 0 aliphatic rings. The van der Waals surface area contributed by atoms with Crippen molar-refractivity contribution in [2.45, 2.75) is 27.7 Å². The summed E-state index contributed by atoms with van der Waals surface area (Å²) in [6, 6.07) is 7.60. The van der Waals surface area contributed by atoms with E-state index in [9.17, 15) is 4.79 Å². The molecule has 0 unspecified atom stereocenters. The van der Waals surface area contributed by atoms with Crippen LogP contribution in [0, 0.1) is 5.41 Å². The number of amides is 1. The molecule has 1 amide bonds. The lowest BCUT2D eigenvalue weighted by Gasteiger charge is -2.21. The topological polar surface area (TPSA) is 41.1 Å². The molecule has 0 aromatic heterocycles. The lowest BCUT2D eigenvalue weighted by molar-refractivity contribution is 0.0956. The van der Waals surface area contributed by atoms with E-state index in [0.717, 1.165) is 12.2 Å². The van der Waals surface area contributed by atoms with Gasteiger partial charge in [-0.05, 0) is 24.5 Å². The molecule has 1 aromatic rings. The van der Waals surface area contributed by atoms with Crippen molar-refractivity contribution in [2.75, 3.05) is 18.4 Å². The van der Waals surface area contributed by atoms with E-state index < -0.39 is 0 Å². The van der Waals surface area contributed by atoms with Crippen molar-refractivity contribution in [2.24, 2.45) is 5.41 Å². The summed E-state index contributed by atoms with van der Waals surface area (Å²) in [5, 5.41) is 6.15. The Bertz CT molecular complexity index is 380. The molecule has 0 heterocycles. The third-order valence-corrected chi connectivity index (χ3v) is 2.32. The Morgan fingerprint density at radius 3 is 2.47 bits per heavy atom. The summed E-state index contributed by atoms with van der Waals surface area (Å²) in [5.41, 5.74) is 1.79. The Labute approximate surface area is 104 Å². The van der Waals surface area contributed by atoms with Gasteiger partial charge in [-0.25, -0.2) is 0 Å². The summed E-state index contributed by atoms with van der Waals surface area (Å²) in [6.45, 7) is 9.89. The maximum atomic E-state index is 11.8. The molecule has 0 aliphatic carbocycles. The summed E-state index contributed by atoms with van der Waals surface area (Å²) in [5.74, 6) is -0.0236. The number of hydrogen-bond acceptors (Lipinski definition) is 2. The first-order chi connectivity index (χ1) is 7.94. The Morgan fingerprint density at radius 2 is 1.88 bits per heavy atom. The van der Waals surface area contributed by atoms with Crippen molar-refractivity contribution in [1.82, 2.24) is 5.32 Å². The highest BCUT2D eigenvalue weighted by Crippen LogP contribution is 2.19. The van der Waals surface area contributed by atoms with Crippen molar-refractivity contribution >= 4 is 11.6 Å². The van der Waals surface area contributed by atoms with Crippen LogP contribution in [0.15, 0.2) is 24.3 Å². The average molecular weight is 234 g/mol. The summed E-state index contributed by atoms with van der Waals surface area (Å²) < 4.78 is 0. The van der Waals surface area contributed by atoms with Gasteiger partial charge in [0.1, 0.15) is 0 Å². The first-order valence-corrected chi connectivity index (χ1v) is 6.05. The molecule has 1 aromatic carbocycles. The van der Waals surface area contributed by atoms with Crippen molar-refractivity contribution in [3.8, 4) is 0 Å². The molecule has 3 heteroatoms. The van der Waals surface area contributed by atoms with E-state index in [1.807, 2.05) is 31.2 Å². The van der Waals surface area contributed by atoms with Crippen molar-refractivity contribution < 1.29 is 4.79 Å². The minimum Gasteiger partial charge on any atom is -0.384 e. The molecule has 0 radical (unpaired) electrons. The molecule has 0 aliphatic heterocycles. The average Bonchev–Trinajstić information content (AvgIpc) is 2.26. The molecular formula is C14H22N2O. The van der Waals surface area contributed by atoms with Gasteiger partial charge in [-0.15, -0.1) is 0 Å². The van der Waals surface area contributed by atoms with Gasteiger partial charge < -0.3 is 10.6 Å². The van der Waals surface area contributed by atoms with Crippen LogP contribution in [0.2, 0.25) is 0 Å². The van der Waals surface area contributed by atoms with Gasteiger partial charge in [0, 0.05) is 18.8 Å². The SMILES string of the molecule is CCNC(=O)c1ccccc1NCC(C)(C)C. The molecule has 0 saturated carbocycles. The second-order valence-electron chi connectivity index (χ2n) is 5.32. The van der Waals surface area contributed by atoms with Gasteiger partial charge >= 0.3 is 0 Å². The van der Waals surface area contributed by atoms with Gasteiger partial charge in [0.25, 0.3) is 5.91 Å². The number of benzene rings is 1. The zero-order valence-electron chi connectivity index (χ0n) is 11.1. The largest absolute Gasteiger partial charge is 0.384 e. The molecule has 0 spiro atoms. The summed E-state index contributed by atoms with van der Waals surface area (Å²) in [6.07, 6.45) is 0. The van der Waals surface area contributed by atoms with Gasteiger partial charge in [0.15, 0.2) is 0 Å². The van der Waals surface area contributed by atoms with E-state index in [1.165, 1.54) is 0 Å². The highest BCUT2D eigenvalue weighted by atomic mass is 16.1. The fraction of sp³-hybridized carbons (Fsp3) is 0.500. The van der Waals surface area contributed by atoms with E-state index in [2.05, 4.69) is 31.4 Å². The first kappa shape index (κ1) is 13.6. The molecule has 2 N–H and O–H groups in total. The van der Waals surface area contributed by atoms with E-state index >= 15 is 0 Å². The molecule has 94 valence electrons. The van der Waals surface area contributed by atoms with Crippen LogP contribution >= 0.6 is 0 Å². The van der Waals surface area contributed by atoms with Gasteiger partial charge in [0.05, 0.1) is 5.56 Å². The van der Waals surface area contributed by atoms with Gasteiger partial charge in [-0.2, -0.15) is 0 Å². The third-order valence-electron chi connectivity index (χ3n) is 2.32. The van der Waals surface area contributed by atoms with Gasteiger partial charge in [-0.3, -0.25) is 4.79 Å². The molecule has 0 saturated heterocycles. The lowest BCUT2D eigenvalue weighted by Crippen LogP contribution is -2.25. The summed E-state index contributed by atoms with van der Waals surface area (Å²) in [4.78, 5) is 11.8. The van der Waals surface area contributed by atoms with Crippen LogP contribution in [0.3, 0.4) is 0 Å². The maximum absolute atomic E-state index is 11.8. The smallest absolute Gasteiger partial charge is 0.253 e. The van der Waals surface area contributed by atoms with E-state index in [4.69, 9.17) is 0 Å². The van der Waals surface area contributed by atoms with Crippen molar-refractivity contribution in [3.05, 3.63) is 29.8 Å². The van der Waals surface area contributed by atoms with E-state index in [1.54, 1.807) is 0 Å². The second-order valence-corrected chi connectivity index (χ2v) is 5.32. The molecule has 17 heavy (non-hydrogen) atoms. The number of nitrogens with one attached hydrogen (secondary N) is 2. The summed E-state index contributed by atoms with van der Waals surface area (Å²) in [7, 11) is 0. The highest BCUT2D eigenvalue weighted by molar-refractivity contribution is 5.99. The van der Waals surface area contributed by atoms with Crippen LogP contribution in [0.1, 0.15) is 38.1 Å². The molecule has 1 rings (SSSR count). The number of para-hydroxylation sites is 1. The van der Waals surface area contributed by atoms with Crippen molar-refractivity contribution in [3.63, 3.8) is 0 Å². The summed E-state index contributed by atoms with van der Waals surface area (Å²) >= 11 is 0. The maximum Gasteiger partial charge on any atom is 0.253 e. The Balaban J connectivity index is 2.81. The van der Waals surface area contributed by atoms with E-state index in [-0.39, 0.29) is 11.3 Å². The Morgan fingerprint density at radius 1 is 1.24 bits per heavy atom. The number of hydrogen-bond donors (Lipinski definition) is 2. The predicted octanol–water partition coefficient (Wildman–Crippen LogP) is 2.89. The number of rotatable bonds is 4. The number of carbonyl (C=O) groups is 1. The second kappa shape index (κ2) is 5.71. The molecule has 3 nitrogen and oxygen atoms in total. The molecule has 0 fully saturated rings. The van der Waals surface area contributed by atoms with Gasteiger partial charge in [0.2, 0.25) is 0 Å². The van der Waals surface area contributed by atoms with Crippen LogP contribution in [0.25, 0.3) is 0 Å². The van der Waals surface area contributed by atoms with Crippen LogP contribution in [-0.2, 0) is 0 Å². The highest BCUT2D eigenvalue weighted by Gasteiger charge is 2.13. The zero-order chi connectivity index (χ0) is 12.9. The normalized spacial score (nSPS) is 11.1. The Kier molecular flexibility index (Phi) is 4.55. The standard InChI is InChI=1S/C14H22N2O/c1-5-15-13(17)11-8-6-7-9-12(11)16-10-14(2,3)4/h6-9,16H,5,10H2,1-4H3,(H,15,17).